The Morgan fingerprint density at radius 3 is 2.35 bits per heavy atom. The first-order valence-corrected chi connectivity index (χ1v) is 5.98. The maximum Gasteiger partial charge on any atom is 0.194 e. The van der Waals surface area contributed by atoms with E-state index >= 15 is 0 Å². The van der Waals surface area contributed by atoms with Crippen LogP contribution >= 0.6 is 0 Å². The fourth-order valence-electron chi connectivity index (χ4n) is 2.13. The van der Waals surface area contributed by atoms with Crippen LogP contribution in [0.15, 0.2) is 36.4 Å². The molecule has 5 heteroatoms. The van der Waals surface area contributed by atoms with Crippen LogP contribution in [0, 0.1) is 23.3 Å². The van der Waals surface area contributed by atoms with Crippen molar-refractivity contribution >= 4 is 0 Å². The highest BCUT2D eigenvalue weighted by atomic mass is 19.2. The summed E-state index contributed by atoms with van der Waals surface area (Å²) in [4.78, 5) is 0. The first kappa shape index (κ1) is 14.5. The Kier molecular flexibility index (Phi) is 3.81. The van der Waals surface area contributed by atoms with Crippen molar-refractivity contribution in [3.05, 3.63) is 70.8 Å². The van der Waals surface area contributed by atoms with Gasteiger partial charge in [-0.2, -0.15) is 0 Å². The second kappa shape index (κ2) is 5.25. The largest absolute Gasteiger partial charge is 0.321 e. The highest BCUT2D eigenvalue weighted by Gasteiger charge is 2.28. The van der Waals surface area contributed by atoms with E-state index in [9.17, 15) is 17.6 Å². The van der Waals surface area contributed by atoms with E-state index in [1.165, 1.54) is 25.1 Å². The highest BCUT2D eigenvalue weighted by molar-refractivity contribution is 5.30. The molecule has 0 aromatic heterocycles. The Bertz CT molecular complexity index is 638. The Morgan fingerprint density at radius 2 is 1.70 bits per heavy atom. The maximum absolute atomic E-state index is 13.8. The molecule has 1 unspecified atom stereocenters. The van der Waals surface area contributed by atoms with Crippen molar-refractivity contribution in [2.75, 3.05) is 0 Å². The van der Waals surface area contributed by atoms with Crippen LogP contribution in [-0.2, 0) is 12.0 Å². The van der Waals surface area contributed by atoms with Gasteiger partial charge in [0.15, 0.2) is 17.5 Å². The molecule has 0 saturated carbocycles. The minimum atomic E-state index is -1.56. The van der Waals surface area contributed by atoms with Gasteiger partial charge in [0.05, 0.1) is 0 Å². The first-order valence-electron chi connectivity index (χ1n) is 5.98. The van der Waals surface area contributed by atoms with Gasteiger partial charge >= 0.3 is 0 Å². The van der Waals surface area contributed by atoms with E-state index < -0.39 is 28.8 Å². The number of nitrogens with two attached hydrogens (primary N) is 1. The van der Waals surface area contributed by atoms with Gasteiger partial charge in [0.2, 0.25) is 0 Å². The normalized spacial score (nSPS) is 14.1. The summed E-state index contributed by atoms with van der Waals surface area (Å²) in [5, 5.41) is 0. The minimum absolute atomic E-state index is 0.0900. The van der Waals surface area contributed by atoms with Crippen molar-refractivity contribution in [1.29, 1.82) is 0 Å². The van der Waals surface area contributed by atoms with Crippen molar-refractivity contribution < 1.29 is 17.6 Å². The molecular formula is C15H13F4N. The standard InChI is InChI=1S/C15H13F4N/c1-15(20,8-9-3-2-4-10(16)7-9)11-5-6-12(17)14(19)13(11)18/h2-7H,8,20H2,1H3. The van der Waals surface area contributed by atoms with Crippen molar-refractivity contribution in [3.8, 4) is 0 Å². The van der Waals surface area contributed by atoms with Crippen LogP contribution in [0.1, 0.15) is 18.1 Å². The lowest BCUT2D eigenvalue weighted by Gasteiger charge is -2.26. The molecule has 0 bridgehead atoms. The molecule has 0 aliphatic heterocycles. The monoisotopic (exact) mass is 283 g/mol. The molecule has 0 radical (unpaired) electrons. The van der Waals surface area contributed by atoms with Crippen LogP contribution in [-0.4, -0.2) is 0 Å². The Hall–Kier alpha value is -1.88. The zero-order valence-corrected chi connectivity index (χ0v) is 10.8. The summed E-state index contributed by atoms with van der Waals surface area (Å²) >= 11 is 0. The average molecular weight is 283 g/mol. The summed E-state index contributed by atoms with van der Waals surface area (Å²) in [5.74, 6) is -4.58. The third kappa shape index (κ3) is 2.82. The van der Waals surface area contributed by atoms with E-state index in [-0.39, 0.29) is 12.0 Å². The van der Waals surface area contributed by atoms with Crippen LogP contribution in [0.25, 0.3) is 0 Å². The number of halogens is 4. The van der Waals surface area contributed by atoms with Gasteiger partial charge in [-0.15, -0.1) is 0 Å². The van der Waals surface area contributed by atoms with Gasteiger partial charge in [-0.25, -0.2) is 17.6 Å². The first-order chi connectivity index (χ1) is 9.31. The number of hydrogen-bond donors (Lipinski definition) is 1. The third-order valence-corrected chi connectivity index (χ3v) is 3.11. The van der Waals surface area contributed by atoms with Crippen LogP contribution < -0.4 is 5.73 Å². The summed E-state index contributed by atoms with van der Waals surface area (Å²) in [6.07, 6.45) is 0.0900. The van der Waals surface area contributed by atoms with E-state index in [2.05, 4.69) is 0 Å². The summed E-state index contributed by atoms with van der Waals surface area (Å²) in [7, 11) is 0. The van der Waals surface area contributed by atoms with Crippen molar-refractivity contribution in [2.45, 2.75) is 18.9 Å². The second-order valence-electron chi connectivity index (χ2n) is 4.95. The fraction of sp³-hybridized carbons (Fsp3) is 0.200. The molecule has 2 aromatic carbocycles. The van der Waals surface area contributed by atoms with Crippen molar-refractivity contribution in [1.82, 2.24) is 0 Å². The molecule has 106 valence electrons. The SMILES string of the molecule is CC(N)(Cc1cccc(F)c1)c1ccc(F)c(F)c1F. The molecule has 20 heavy (non-hydrogen) atoms. The molecule has 0 aliphatic carbocycles. The molecule has 0 amide bonds. The van der Waals surface area contributed by atoms with E-state index in [1.54, 1.807) is 6.07 Å². The third-order valence-electron chi connectivity index (χ3n) is 3.11. The Balaban J connectivity index is 2.38. The molecule has 0 aliphatic rings. The van der Waals surface area contributed by atoms with Gasteiger partial charge in [0, 0.05) is 11.1 Å². The van der Waals surface area contributed by atoms with Gasteiger partial charge < -0.3 is 5.73 Å². The van der Waals surface area contributed by atoms with Crippen molar-refractivity contribution in [3.63, 3.8) is 0 Å². The molecule has 0 heterocycles. The lowest BCUT2D eigenvalue weighted by Crippen LogP contribution is -2.37. The summed E-state index contributed by atoms with van der Waals surface area (Å²) < 4.78 is 53.1. The smallest absolute Gasteiger partial charge is 0.194 e. The molecule has 1 nitrogen and oxygen atoms in total. The van der Waals surface area contributed by atoms with Gasteiger partial charge in [0.1, 0.15) is 5.82 Å². The second-order valence-corrected chi connectivity index (χ2v) is 4.95. The van der Waals surface area contributed by atoms with Crippen LogP contribution in [0.5, 0.6) is 0 Å². The molecule has 0 fully saturated rings. The van der Waals surface area contributed by atoms with E-state index in [4.69, 9.17) is 5.73 Å². The van der Waals surface area contributed by atoms with E-state index in [0.717, 1.165) is 12.1 Å². The predicted molar refractivity (Wildman–Crippen MR) is 68.0 cm³/mol. The lowest BCUT2D eigenvalue weighted by atomic mass is 9.86. The van der Waals surface area contributed by atoms with Crippen LogP contribution in [0.4, 0.5) is 17.6 Å². The van der Waals surface area contributed by atoms with Crippen molar-refractivity contribution in [2.24, 2.45) is 5.73 Å². The zero-order chi connectivity index (χ0) is 14.9. The van der Waals surface area contributed by atoms with Crippen LogP contribution in [0.3, 0.4) is 0 Å². The highest BCUT2D eigenvalue weighted by Crippen LogP contribution is 2.27. The van der Waals surface area contributed by atoms with Gasteiger partial charge in [-0.3, -0.25) is 0 Å². The molecule has 2 rings (SSSR count). The molecule has 2 aromatic rings. The fourth-order valence-corrected chi connectivity index (χ4v) is 2.13. The number of rotatable bonds is 3. The Labute approximate surface area is 114 Å². The summed E-state index contributed by atoms with van der Waals surface area (Å²) in [6.45, 7) is 1.48. The topological polar surface area (TPSA) is 26.0 Å². The minimum Gasteiger partial charge on any atom is -0.321 e. The quantitative estimate of drug-likeness (QED) is 0.675. The van der Waals surface area contributed by atoms with E-state index in [0.29, 0.717) is 5.56 Å². The van der Waals surface area contributed by atoms with Gasteiger partial charge in [0.25, 0.3) is 0 Å². The van der Waals surface area contributed by atoms with Crippen LogP contribution in [0.2, 0.25) is 0 Å². The maximum atomic E-state index is 13.8. The summed E-state index contributed by atoms with van der Waals surface area (Å²) in [5.41, 5.74) is 5.09. The predicted octanol–water partition coefficient (Wildman–Crippen LogP) is 3.66. The molecule has 0 saturated heterocycles. The van der Waals surface area contributed by atoms with E-state index in [1.807, 2.05) is 0 Å². The molecule has 1 atom stereocenters. The molecular weight excluding hydrogens is 270 g/mol. The number of hydrogen-bond acceptors (Lipinski definition) is 1. The summed E-state index contributed by atoms with van der Waals surface area (Å²) in [6, 6.07) is 7.60. The molecule has 2 N–H and O–H groups in total. The lowest BCUT2D eigenvalue weighted by molar-refractivity contribution is 0.404. The zero-order valence-electron chi connectivity index (χ0n) is 10.8. The van der Waals surface area contributed by atoms with Gasteiger partial charge in [-0.05, 0) is 37.1 Å². The average Bonchev–Trinajstić information content (AvgIpc) is 2.35. The Morgan fingerprint density at radius 1 is 1.00 bits per heavy atom. The number of benzene rings is 2. The molecule has 0 spiro atoms. The van der Waals surface area contributed by atoms with Gasteiger partial charge in [-0.1, -0.05) is 18.2 Å².